The van der Waals surface area contributed by atoms with Crippen molar-refractivity contribution in [2.75, 3.05) is 18.5 Å². The first kappa shape index (κ1) is 18.6. The summed E-state index contributed by atoms with van der Waals surface area (Å²) in [6.45, 7) is 4.14. The average Bonchev–Trinajstić information content (AvgIpc) is 2.73. The van der Waals surface area contributed by atoms with Crippen molar-refractivity contribution in [1.29, 1.82) is 0 Å². The smallest absolute Gasteiger partial charge is 0.257 e. The number of carbonyl (C=O) groups is 1. The van der Waals surface area contributed by atoms with E-state index in [1.54, 1.807) is 24.3 Å². The van der Waals surface area contributed by atoms with Gasteiger partial charge in [0.1, 0.15) is 0 Å². The highest BCUT2D eigenvalue weighted by atomic mass is 16.2. The second-order valence-electron chi connectivity index (χ2n) is 6.42. The Hall–Kier alpha value is -3.21. The van der Waals surface area contributed by atoms with Gasteiger partial charge in [-0.2, -0.15) is 0 Å². The number of amides is 1. The minimum Gasteiger partial charge on any atom is -0.337 e. The molecule has 3 rings (SSSR count). The normalized spacial score (nSPS) is 10.4. The molecule has 5 heteroatoms. The maximum atomic E-state index is 12.6. The lowest BCUT2D eigenvalue weighted by Gasteiger charge is -2.21. The molecule has 3 aromatic rings. The molecule has 0 spiro atoms. The van der Waals surface area contributed by atoms with Crippen LogP contribution >= 0.6 is 0 Å². The minimum atomic E-state index is -0.0866. The molecule has 1 amide bonds. The summed E-state index contributed by atoms with van der Waals surface area (Å²) < 4.78 is 0. The van der Waals surface area contributed by atoms with E-state index in [1.165, 1.54) is 5.56 Å². The van der Waals surface area contributed by atoms with Crippen LogP contribution in [0.15, 0.2) is 73.1 Å². The van der Waals surface area contributed by atoms with E-state index in [1.807, 2.05) is 48.5 Å². The molecule has 5 nitrogen and oxygen atoms in total. The number of benzene rings is 2. The van der Waals surface area contributed by atoms with Crippen molar-refractivity contribution in [3.63, 3.8) is 0 Å². The summed E-state index contributed by atoms with van der Waals surface area (Å²) in [4.78, 5) is 25.2. The van der Waals surface area contributed by atoms with Crippen molar-refractivity contribution >= 4 is 11.9 Å². The first-order valence-corrected chi connectivity index (χ1v) is 9.07. The SMILES string of the molecule is CCN(Cc1ccccc1)c1ncc(C(=O)N(C)Cc2ccccc2)cn1. The van der Waals surface area contributed by atoms with E-state index in [-0.39, 0.29) is 5.91 Å². The molecule has 138 valence electrons. The number of carbonyl (C=O) groups excluding carboxylic acids is 1. The van der Waals surface area contributed by atoms with Crippen molar-refractivity contribution in [1.82, 2.24) is 14.9 Å². The topological polar surface area (TPSA) is 49.3 Å². The molecule has 0 radical (unpaired) electrons. The van der Waals surface area contributed by atoms with Crippen LogP contribution in [0.4, 0.5) is 5.95 Å². The van der Waals surface area contributed by atoms with Gasteiger partial charge in [0.2, 0.25) is 5.95 Å². The molecular formula is C22H24N4O. The van der Waals surface area contributed by atoms with Gasteiger partial charge in [0, 0.05) is 39.1 Å². The number of hydrogen-bond acceptors (Lipinski definition) is 4. The molecule has 0 aliphatic rings. The molecule has 0 saturated carbocycles. The van der Waals surface area contributed by atoms with E-state index in [0.717, 1.165) is 18.7 Å². The Morgan fingerprint density at radius 2 is 1.37 bits per heavy atom. The molecule has 0 fully saturated rings. The Morgan fingerprint density at radius 3 is 1.89 bits per heavy atom. The van der Waals surface area contributed by atoms with Gasteiger partial charge in [-0.25, -0.2) is 9.97 Å². The highest BCUT2D eigenvalue weighted by Crippen LogP contribution is 2.13. The highest BCUT2D eigenvalue weighted by Gasteiger charge is 2.15. The van der Waals surface area contributed by atoms with E-state index in [4.69, 9.17) is 0 Å². The second-order valence-corrected chi connectivity index (χ2v) is 6.42. The van der Waals surface area contributed by atoms with Gasteiger partial charge in [-0.05, 0) is 18.1 Å². The van der Waals surface area contributed by atoms with Crippen LogP contribution in [-0.2, 0) is 13.1 Å². The summed E-state index contributed by atoms with van der Waals surface area (Å²) in [5.74, 6) is 0.542. The molecule has 27 heavy (non-hydrogen) atoms. The molecule has 1 aromatic heterocycles. The third-order valence-electron chi connectivity index (χ3n) is 4.38. The van der Waals surface area contributed by atoms with E-state index in [0.29, 0.717) is 18.1 Å². The van der Waals surface area contributed by atoms with Crippen LogP contribution in [0.25, 0.3) is 0 Å². The van der Waals surface area contributed by atoms with Crippen LogP contribution in [0.1, 0.15) is 28.4 Å². The van der Waals surface area contributed by atoms with Crippen molar-refractivity contribution in [3.8, 4) is 0 Å². The van der Waals surface area contributed by atoms with E-state index >= 15 is 0 Å². The molecule has 0 bridgehead atoms. The fourth-order valence-electron chi connectivity index (χ4n) is 2.87. The molecule has 1 heterocycles. The molecule has 2 aromatic carbocycles. The van der Waals surface area contributed by atoms with Crippen LogP contribution in [0.3, 0.4) is 0 Å². The molecule has 0 aliphatic carbocycles. The number of hydrogen-bond donors (Lipinski definition) is 0. The van der Waals surface area contributed by atoms with Gasteiger partial charge in [-0.3, -0.25) is 4.79 Å². The molecule has 0 unspecified atom stereocenters. The van der Waals surface area contributed by atoms with E-state index < -0.39 is 0 Å². The van der Waals surface area contributed by atoms with Crippen LogP contribution in [-0.4, -0.2) is 34.4 Å². The standard InChI is InChI=1S/C22H24N4O/c1-3-26(17-19-12-8-5-9-13-19)22-23-14-20(15-24-22)21(27)25(2)16-18-10-6-4-7-11-18/h4-15H,3,16-17H2,1-2H3. The Morgan fingerprint density at radius 1 is 0.852 bits per heavy atom. The Balaban J connectivity index is 1.67. The van der Waals surface area contributed by atoms with E-state index in [9.17, 15) is 4.79 Å². The number of anilines is 1. The lowest BCUT2D eigenvalue weighted by atomic mass is 10.2. The zero-order valence-electron chi connectivity index (χ0n) is 15.7. The van der Waals surface area contributed by atoms with Gasteiger partial charge >= 0.3 is 0 Å². The second kappa shape index (κ2) is 8.94. The highest BCUT2D eigenvalue weighted by molar-refractivity contribution is 5.93. The monoisotopic (exact) mass is 360 g/mol. The summed E-state index contributed by atoms with van der Waals surface area (Å²) in [6, 6.07) is 20.1. The van der Waals surface area contributed by atoms with E-state index in [2.05, 4.69) is 33.9 Å². The maximum Gasteiger partial charge on any atom is 0.257 e. The van der Waals surface area contributed by atoms with Gasteiger partial charge in [0.15, 0.2) is 0 Å². The maximum absolute atomic E-state index is 12.6. The number of aromatic nitrogens is 2. The summed E-state index contributed by atoms with van der Waals surface area (Å²) >= 11 is 0. The minimum absolute atomic E-state index is 0.0866. The summed E-state index contributed by atoms with van der Waals surface area (Å²) in [7, 11) is 1.79. The van der Waals surface area contributed by atoms with Crippen molar-refractivity contribution in [2.24, 2.45) is 0 Å². The molecule has 0 N–H and O–H groups in total. The lowest BCUT2D eigenvalue weighted by Crippen LogP contribution is -2.27. The average molecular weight is 360 g/mol. The van der Waals surface area contributed by atoms with Crippen molar-refractivity contribution < 1.29 is 4.79 Å². The molecule has 0 atom stereocenters. The first-order chi connectivity index (χ1) is 13.2. The molecular weight excluding hydrogens is 336 g/mol. The van der Waals surface area contributed by atoms with Crippen molar-refractivity contribution in [2.45, 2.75) is 20.0 Å². The molecule has 0 saturated heterocycles. The number of nitrogens with zero attached hydrogens (tertiary/aromatic N) is 4. The van der Waals surface area contributed by atoms with Gasteiger partial charge in [0.25, 0.3) is 5.91 Å². The zero-order valence-corrected chi connectivity index (χ0v) is 15.7. The number of rotatable bonds is 7. The molecule has 0 aliphatic heterocycles. The quantitative estimate of drug-likeness (QED) is 0.643. The summed E-state index contributed by atoms with van der Waals surface area (Å²) in [5, 5.41) is 0. The van der Waals surface area contributed by atoms with Gasteiger partial charge in [-0.1, -0.05) is 60.7 Å². The fourth-order valence-corrected chi connectivity index (χ4v) is 2.87. The fraction of sp³-hybridized carbons (Fsp3) is 0.227. The Bertz CT molecular complexity index is 851. The lowest BCUT2D eigenvalue weighted by molar-refractivity contribution is 0.0784. The van der Waals surface area contributed by atoms with Crippen LogP contribution in [0.5, 0.6) is 0 Å². The van der Waals surface area contributed by atoms with Crippen LogP contribution in [0, 0.1) is 0 Å². The van der Waals surface area contributed by atoms with Gasteiger partial charge in [-0.15, -0.1) is 0 Å². The van der Waals surface area contributed by atoms with Crippen LogP contribution < -0.4 is 4.90 Å². The summed E-state index contributed by atoms with van der Waals surface area (Å²) in [6.07, 6.45) is 3.22. The first-order valence-electron chi connectivity index (χ1n) is 9.07. The van der Waals surface area contributed by atoms with Crippen molar-refractivity contribution in [3.05, 3.63) is 89.7 Å². The third kappa shape index (κ3) is 4.91. The summed E-state index contributed by atoms with van der Waals surface area (Å²) in [5.41, 5.74) is 2.78. The zero-order chi connectivity index (χ0) is 19.1. The Kier molecular flexibility index (Phi) is 6.15. The Labute approximate surface area is 160 Å². The third-order valence-corrected chi connectivity index (χ3v) is 4.38. The van der Waals surface area contributed by atoms with Gasteiger partial charge in [0.05, 0.1) is 5.56 Å². The van der Waals surface area contributed by atoms with Gasteiger partial charge < -0.3 is 9.80 Å². The largest absolute Gasteiger partial charge is 0.337 e. The predicted octanol–water partition coefficient (Wildman–Crippen LogP) is 3.78. The van der Waals surface area contributed by atoms with Crippen LogP contribution in [0.2, 0.25) is 0 Å². The predicted molar refractivity (Wildman–Crippen MR) is 107 cm³/mol.